The predicted molar refractivity (Wildman–Crippen MR) is 77.7 cm³/mol. The zero-order valence-corrected chi connectivity index (χ0v) is 12.2. The second-order valence-corrected chi connectivity index (χ2v) is 5.73. The lowest BCUT2D eigenvalue weighted by atomic mass is 9.96. The van der Waals surface area contributed by atoms with Crippen LogP contribution in [0.25, 0.3) is 0 Å². The van der Waals surface area contributed by atoms with E-state index >= 15 is 0 Å². The molecule has 2 aromatic heterocycles. The first kappa shape index (κ1) is 14.0. The van der Waals surface area contributed by atoms with Crippen LogP contribution in [0.2, 0.25) is 0 Å². The summed E-state index contributed by atoms with van der Waals surface area (Å²) in [7, 11) is 0. The van der Waals surface area contributed by atoms with Crippen molar-refractivity contribution in [3.05, 3.63) is 46.5 Å². The number of hydrogen-bond acceptors (Lipinski definition) is 5. The van der Waals surface area contributed by atoms with Crippen molar-refractivity contribution in [3.8, 4) is 0 Å². The van der Waals surface area contributed by atoms with Crippen molar-refractivity contribution < 1.29 is 4.52 Å². The topological polar surface area (TPSA) is 64.2 Å². The molecular formula is C15H20N4O2. The molecule has 1 saturated heterocycles. The van der Waals surface area contributed by atoms with Crippen LogP contribution in [0.3, 0.4) is 0 Å². The van der Waals surface area contributed by atoms with Crippen LogP contribution >= 0.6 is 0 Å². The van der Waals surface area contributed by atoms with Gasteiger partial charge in [-0.15, -0.1) is 0 Å². The van der Waals surface area contributed by atoms with E-state index in [1.807, 2.05) is 13.0 Å². The molecule has 2 aromatic rings. The van der Waals surface area contributed by atoms with Gasteiger partial charge in [0.25, 0.3) is 5.56 Å². The van der Waals surface area contributed by atoms with Crippen LogP contribution < -0.4 is 5.56 Å². The molecule has 1 aliphatic rings. The maximum Gasteiger partial charge on any atom is 0.256 e. The molecule has 112 valence electrons. The Balaban J connectivity index is 1.54. The average molecular weight is 288 g/mol. The van der Waals surface area contributed by atoms with Crippen molar-refractivity contribution in [1.82, 2.24) is 19.6 Å². The molecule has 0 atom stereocenters. The van der Waals surface area contributed by atoms with Gasteiger partial charge in [0.1, 0.15) is 0 Å². The van der Waals surface area contributed by atoms with E-state index in [1.165, 1.54) is 0 Å². The van der Waals surface area contributed by atoms with Crippen LogP contribution in [-0.2, 0) is 13.1 Å². The number of likely N-dealkylation sites (tertiary alicyclic amines) is 1. The quantitative estimate of drug-likeness (QED) is 0.852. The van der Waals surface area contributed by atoms with Gasteiger partial charge in [0, 0.05) is 24.4 Å². The third kappa shape index (κ3) is 3.39. The van der Waals surface area contributed by atoms with E-state index < -0.39 is 0 Å². The van der Waals surface area contributed by atoms with Gasteiger partial charge in [0.05, 0.1) is 19.1 Å². The molecule has 0 spiro atoms. The Kier molecular flexibility index (Phi) is 4.15. The van der Waals surface area contributed by atoms with Crippen LogP contribution in [0.4, 0.5) is 0 Å². The highest BCUT2D eigenvalue weighted by molar-refractivity contribution is 5.00. The summed E-state index contributed by atoms with van der Waals surface area (Å²) in [4.78, 5) is 18.5. The van der Waals surface area contributed by atoms with Gasteiger partial charge in [-0.05, 0) is 38.8 Å². The Morgan fingerprint density at radius 2 is 2.19 bits per heavy atom. The molecular weight excluding hydrogens is 268 g/mol. The van der Waals surface area contributed by atoms with Gasteiger partial charge in [-0.25, -0.2) is 4.98 Å². The number of aromatic nitrogens is 3. The summed E-state index contributed by atoms with van der Waals surface area (Å²) in [5, 5.41) is 3.73. The molecule has 21 heavy (non-hydrogen) atoms. The van der Waals surface area contributed by atoms with Gasteiger partial charge >= 0.3 is 0 Å². The standard InChI is InChI=1S/C15H20N4O2/c1-12-8-16-11-19(15(12)20)9-13-3-6-18(7-4-13)10-14-2-5-17-21-14/h2,5,8,11,13H,3-4,6-7,9-10H2,1H3. The number of piperidine rings is 1. The minimum atomic E-state index is 0.0779. The Morgan fingerprint density at radius 3 is 2.90 bits per heavy atom. The van der Waals surface area contributed by atoms with Crippen LogP contribution in [0.5, 0.6) is 0 Å². The smallest absolute Gasteiger partial charge is 0.256 e. The molecule has 0 bridgehead atoms. The SMILES string of the molecule is Cc1cncn(CC2CCN(Cc3ccno3)CC2)c1=O. The minimum Gasteiger partial charge on any atom is -0.360 e. The molecule has 1 fully saturated rings. The highest BCUT2D eigenvalue weighted by Crippen LogP contribution is 2.20. The summed E-state index contributed by atoms with van der Waals surface area (Å²) in [5.41, 5.74) is 0.786. The van der Waals surface area contributed by atoms with Crippen LogP contribution in [-0.4, -0.2) is 32.7 Å². The molecule has 1 aliphatic heterocycles. The molecule has 0 unspecified atom stereocenters. The fourth-order valence-corrected chi connectivity index (χ4v) is 2.84. The van der Waals surface area contributed by atoms with Gasteiger partial charge in [0.2, 0.25) is 0 Å². The summed E-state index contributed by atoms with van der Waals surface area (Å²) in [6, 6.07) is 1.91. The van der Waals surface area contributed by atoms with Gasteiger partial charge in [0.15, 0.2) is 5.76 Å². The Labute approximate surface area is 123 Å². The maximum atomic E-state index is 12.0. The molecule has 0 radical (unpaired) electrons. The monoisotopic (exact) mass is 288 g/mol. The van der Waals surface area contributed by atoms with Gasteiger partial charge in [-0.3, -0.25) is 14.3 Å². The zero-order valence-electron chi connectivity index (χ0n) is 12.2. The highest BCUT2D eigenvalue weighted by Gasteiger charge is 2.20. The summed E-state index contributed by atoms with van der Waals surface area (Å²) in [6.45, 7) is 5.45. The molecule has 0 amide bonds. The van der Waals surface area contributed by atoms with E-state index in [1.54, 1.807) is 23.3 Å². The lowest BCUT2D eigenvalue weighted by molar-refractivity contribution is 0.152. The van der Waals surface area contributed by atoms with Gasteiger partial charge < -0.3 is 4.52 Å². The third-order valence-electron chi connectivity index (χ3n) is 4.11. The Hall–Kier alpha value is -1.95. The Bertz CT molecular complexity index is 627. The largest absolute Gasteiger partial charge is 0.360 e. The van der Waals surface area contributed by atoms with E-state index in [9.17, 15) is 4.79 Å². The van der Waals surface area contributed by atoms with E-state index in [0.29, 0.717) is 11.5 Å². The van der Waals surface area contributed by atoms with Crippen LogP contribution in [0, 0.1) is 12.8 Å². The van der Waals surface area contributed by atoms with Gasteiger partial charge in [-0.2, -0.15) is 0 Å². The van der Waals surface area contributed by atoms with Crippen molar-refractivity contribution in [2.75, 3.05) is 13.1 Å². The fraction of sp³-hybridized carbons (Fsp3) is 0.533. The third-order valence-corrected chi connectivity index (χ3v) is 4.11. The van der Waals surface area contributed by atoms with Crippen molar-refractivity contribution in [1.29, 1.82) is 0 Å². The van der Waals surface area contributed by atoms with E-state index in [2.05, 4.69) is 15.0 Å². The highest BCUT2D eigenvalue weighted by atomic mass is 16.5. The average Bonchev–Trinajstić information content (AvgIpc) is 2.99. The van der Waals surface area contributed by atoms with Crippen LogP contribution in [0.15, 0.2) is 34.1 Å². The van der Waals surface area contributed by atoms with E-state index in [4.69, 9.17) is 4.52 Å². The molecule has 6 heteroatoms. The summed E-state index contributed by atoms with van der Waals surface area (Å²) in [5.74, 6) is 1.45. The van der Waals surface area contributed by atoms with E-state index in [0.717, 1.165) is 44.8 Å². The second-order valence-electron chi connectivity index (χ2n) is 5.73. The normalized spacial score (nSPS) is 17.2. The number of nitrogens with zero attached hydrogens (tertiary/aromatic N) is 4. The van der Waals surface area contributed by atoms with Crippen LogP contribution in [0.1, 0.15) is 24.2 Å². The lowest BCUT2D eigenvalue weighted by Gasteiger charge is -2.31. The summed E-state index contributed by atoms with van der Waals surface area (Å²) >= 11 is 0. The molecule has 3 heterocycles. The summed E-state index contributed by atoms with van der Waals surface area (Å²) in [6.07, 6.45) is 7.14. The Morgan fingerprint density at radius 1 is 1.38 bits per heavy atom. The minimum absolute atomic E-state index is 0.0779. The van der Waals surface area contributed by atoms with Crippen molar-refractivity contribution >= 4 is 0 Å². The molecule has 0 aromatic carbocycles. The number of rotatable bonds is 4. The first-order chi connectivity index (χ1) is 10.2. The molecule has 0 N–H and O–H groups in total. The predicted octanol–water partition coefficient (Wildman–Crippen LogP) is 1.45. The summed E-state index contributed by atoms with van der Waals surface area (Å²) < 4.78 is 6.88. The zero-order chi connectivity index (χ0) is 14.7. The molecule has 0 aliphatic carbocycles. The first-order valence-corrected chi connectivity index (χ1v) is 7.35. The van der Waals surface area contributed by atoms with E-state index in [-0.39, 0.29) is 5.56 Å². The lowest BCUT2D eigenvalue weighted by Crippen LogP contribution is -2.36. The second kappa shape index (κ2) is 6.22. The molecule has 0 saturated carbocycles. The fourth-order valence-electron chi connectivity index (χ4n) is 2.84. The van der Waals surface area contributed by atoms with Crippen molar-refractivity contribution in [2.24, 2.45) is 5.92 Å². The molecule has 3 rings (SSSR count). The molecule has 6 nitrogen and oxygen atoms in total. The number of hydrogen-bond donors (Lipinski definition) is 0. The number of aryl methyl sites for hydroxylation is 1. The first-order valence-electron chi connectivity index (χ1n) is 7.35. The van der Waals surface area contributed by atoms with Gasteiger partial charge in [-0.1, -0.05) is 5.16 Å². The van der Waals surface area contributed by atoms with Crippen molar-refractivity contribution in [2.45, 2.75) is 32.9 Å². The van der Waals surface area contributed by atoms with Crippen molar-refractivity contribution in [3.63, 3.8) is 0 Å². The maximum absolute atomic E-state index is 12.0.